The molecule has 0 rings (SSSR count). The second-order valence-corrected chi connectivity index (χ2v) is 1.19. The maximum atomic E-state index is 10.3. The normalized spacial score (nSPS) is 8.75. The Morgan fingerprint density at radius 3 is 2.88 bits per heavy atom. The van der Waals surface area contributed by atoms with Gasteiger partial charge >= 0.3 is 5.97 Å². The van der Waals surface area contributed by atoms with Crippen molar-refractivity contribution >= 4 is 5.97 Å². The topological polar surface area (TPSA) is 38.3 Å². The van der Waals surface area contributed by atoms with E-state index >= 15 is 0 Å². The van der Waals surface area contributed by atoms with Crippen molar-refractivity contribution in [3.8, 4) is 0 Å². The molecule has 0 saturated carbocycles. The fourth-order valence-corrected chi connectivity index (χ4v) is 0.295. The molecule has 0 spiro atoms. The standard InChI is InChI=1S/C5H9NO2/c1-3-8-5(7)4-6-2/h2,6H,3-4H2,1H3. The van der Waals surface area contributed by atoms with E-state index < -0.39 is 0 Å². The minimum Gasteiger partial charge on any atom is -0.465 e. The van der Waals surface area contributed by atoms with Crippen LogP contribution in [0, 0.1) is 7.05 Å². The van der Waals surface area contributed by atoms with Crippen molar-refractivity contribution in [3.63, 3.8) is 0 Å². The summed E-state index contributed by atoms with van der Waals surface area (Å²) >= 11 is 0. The molecule has 3 heteroatoms. The van der Waals surface area contributed by atoms with Gasteiger partial charge in [-0.05, 0) is 6.92 Å². The lowest BCUT2D eigenvalue weighted by molar-refractivity contribution is -0.141. The first kappa shape index (κ1) is 7.43. The first-order valence-corrected chi connectivity index (χ1v) is 2.40. The Balaban J connectivity index is 3.06. The van der Waals surface area contributed by atoms with Gasteiger partial charge in [0.1, 0.15) is 0 Å². The molecular formula is C5H9NO2. The molecule has 8 heavy (non-hydrogen) atoms. The quantitative estimate of drug-likeness (QED) is 0.409. The zero-order chi connectivity index (χ0) is 6.41. The van der Waals surface area contributed by atoms with Crippen LogP contribution in [0.5, 0.6) is 0 Å². The molecule has 1 N–H and O–H groups in total. The second kappa shape index (κ2) is 4.59. The van der Waals surface area contributed by atoms with Gasteiger partial charge in [-0.25, -0.2) is 0 Å². The summed E-state index contributed by atoms with van der Waals surface area (Å²) in [5.74, 6) is -0.324. The van der Waals surface area contributed by atoms with Gasteiger partial charge in [-0.3, -0.25) is 4.79 Å². The zero-order valence-electron chi connectivity index (χ0n) is 4.81. The van der Waals surface area contributed by atoms with Crippen molar-refractivity contribution in [3.05, 3.63) is 7.05 Å². The summed E-state index contributed by atoms with van der Waals surface area (Å²) in [6.07, 6.45) is 0. The highest BCUT2D eigenvalue weighted by molar-refractivity contribution is 5.71. The van der Waals surface area contributed by atoms with Crippen LogP contribution in [0.4, 0.5) is 0 Å². The predicted octanol–water partition coefficient (Wildman–Crippen LogP) is -0.192. The Bertz CT molecular complexity index is 64.8. The van der Waals surface area contributed by atoms with Crippen LogP contribution in [0.3, 0.4) is 0 Å². The molecule has 0 aromatic carbocycles. The van der Waals surface area contributed by atoms with Crippen LogP contribution >= 0.6 is 0 Å². The molecule has 0 saturated heterocycles. The lowest BCUT2D eigenvalue weighted by Crippen LogP contribution is -2.19. The lowest BCUT2D eigenvalue weighted by atomic mass is 10.6. The molecule has 46 valence electrons. The highest BCUT2D eigenvalue weighted by Crippen LogP contribution is 1.72. The van der Waals surface area contributed by atoms with Gasteiger partial charge in [-0.1, -0.05) is 0 Å². The molecule has 0 amide bonds. The smallest absolute Gasteiger partial charge is 0.319 e. The largest absolute Gasteiger partial charge is 0.465 e. The van der Waals surface area contributed by atoms with E-state index in [4.69, 9.17) is 7.05 Å². The third-order valence-electron chi connectivity index (χ3n) is 0.552. The molecule has 0 heterocycles. The third kappa shape index (κ3) is 3.61. The first-order valence-electron chi connectivity index (χ1n) is 2.40. The van der Waals surface area contributed by atoms with Gasteiger partial charge in [0, 0.05) is 7.05 Å². The predicted molar refractivity (Wildman–Crippen MR) is 28.9 cm³/mol. The second-order valence-electron chi connectivity index (χ2n) is 1.19. The van der Waals surface area contributed by atoms with Crippen LogP contribution in [0.15, 0.2) is 0 Å². The number of nitrogens with one attached hydrogen (secondary N) is 1. The fraction of sp³-hybridized carbons (Fsp3) is 0.600. The summed E-state index contributed by atoms with van der Waals surface area (Å²) in [7, 11) is 4.81. The molecule has 0 unspecified atom stereocenters. The molecule has 0 aliphatic rings. The number of carbonyl (C=O) groups excluding carboxylic acids is 1. The Morgan fingerprint density at radius 1 is 1.88 bits per heavy atom. The molecule has 0 fully saturated rings. The number of hydrogen-bond acceptors (Lipinski definition) is 3. The van der Waals surface area contributed by atoms with Gasteiger partial charge in [-0.15, -0.1) is 0 Å². The van der Waals surface area contributed by atoms with Crippen LogP contribution in [0.25, 0.3) is 0 Å². The average Bonchev–Trinajstić information content (AvgIpc) is 1.68. The number of rotatable bonds is 3. The average molecular weight is 115 g/mol. The van der Waals surface area contributed by atoms with Gasteiger partial charge in [0.25, 0.3) is 0 Å². The first-order chi connectivity index (χ1) is 3.81. The Hall–Kier alpha value is -0.570. The van der Waals surface area contributed by atoms with Crippen molar-refractivity contribution in [1.82, 2.24) is 5.32 Å². The van der Waals surface area contributed by atoms with E-state index in [1.54, 1.807) is 6.92 Å². The van der Waals surface area contributed by atoms with E-state index in [2.05, 4.69) is 10.1 Å². The van der Waals surface area contributed by atoms with Gasteiger partial charge in [0.2, 0.25) is 0 Å². The van der Waals surface area contributed by atoms with Crippen LogP contribution in [0.1, 0.15) is 6.92 Å². The number of ether oxygens (including phenoxy) is 1. The van der Waals surface area contributed by atoms with Crippen molar-refractivity contribution in [2.45, 2.75) is 6.92 Å². The monoisotopic (exact) mass is 115 g/mol. The van der Waals surface area contributed by atoms with Gasteiger partial charge in [0.15, 0.2) is 0 Å². The highest BCUT2D eigenvalue weighted by atomic mass is 16.5. The number of hydrogen-bond donors (Lipinski definition) is 1. The summed E-state index contributed by atoms with van der Waals surface area (Å²) in [5.41, 5.74) is 0. The van der Waals surface area contributed by atoms with E-state index in [9.17, 15) is 4.79 Å². The summed E-state index contributed by atoms with van der Waals surface area (Å²) < 4.78 is 4.50. The Kier molecular flexibility index (Phi) is 4.26. The van der Waals surface area contributed by atoms with Crippen LogP contribution in [-0.2, 0) is 9.53 Å². The van der Waals surface area contributed by atoms with E-state index in [-0.39, 0.29) is 12.5 Å². The minimum atomic E-state index is -0.324. The Labute approximate surface area is 49.0 Å². The number of carbonyl (C=O) groups is 1. The fourth-order valence-electron chi connectivity index (χ4n) is 0.295. The lowest BCUT2D eigenvalue weighted by Gasteiger charge is -1.97. The molecule has 0 aromatic rings. The molecule has 0 aliphatic heterocycles. The molecule has 0 aromatic heterocycles. The molecule has 3 nitrogen and oxygen atoms in total. The zero-order valence-corrected chi connectivity index (χ0v) is 4.81. The molecule has 0 bridgehead atoms. The molecular weight excluding hydrogens is 106 g/mol. The van der Waals surface area contributed by atoms with Gasteiger partial charge in [-0.2, -0.15) is 0 Å². The van der Waals surface area contributed by atoms with Gasteiger partial charge < -0.3 is 10.1 Å². The molecule has 2 radical (unpaired) electrons. The Morgan fingerprint density at radius 2 is 2.50 bits per heavy atom. The molecule has 0 atom stereocenters. The van der Waals surface area contributed by atoms with Crippen molar-refractivity contribution in [2.75, 3.05) is 13.2 Å². The molecule has 0 aliphatic carbocycles. The summed E-state index contributed by atoms with van der Waals surface area (Å²) in [4.78, 5) is 10.3. The maximum Gasteiger partial charge on any atom is 0.319 e. The third-order valence-corrected chi connectivity index (χ3v) is 0.552. The van der Waals surface area contributed by atoms with Crippen molar-refractivity contribution in [1.29, 1.82) is 0 Å². The summed E-state index contributed by atoms with van der Waals surface area (Å²) in [5, 5.41) is 2.18. The summed E-state index contributed by atoms with van der Waals surface area (Å²) in [6.45, 7) is 2.22. The van der Waals surface area contributed by atoms with E-state index in [0.717, 1.165) is 0 Å². The minimum absolute atomic E-state index is 0.0772. The number of esters is 1. The highest BCUT2D eigenvalue weighted by Gasteiger charge is 1.94. The van der Waals surface area contributed by atoms with Crippen molar-refractivity contribution < 1.29 is 9.53 Å². The maximum absolute atomic E-state index is 10.3. The van der Waals surface area contributed by atoms with E-state index in [1.165, 1.54) is 0 Å². The van der Waals surface area contributed by atoms with Crippen LogP contribution in [-0.4, -0.2) is 19.1 Å². The van der Waals surface area contributed by atoms with Gasteiger partial charge in [0.05, 0.1) is 13.2 Å². The van der Waals surface area contributed by atoms with Crippen LogP contribution in [0.2, 0.25) is 0 Å². The SMILES string of the molecule is [CH]NCC(=O)OCC. The van der Waals surface area contributed by atoms with Crippen LogP contribution < -0.4 is 5.32 Å². The van der Waals surface area contributed by atoms with Crippen molar-refractivity contribution in [2.24, 2.45) is 0 Å². The van der Waals surface area contributed by atoms with E-state index in [0.29, 0.717) is 6.61 Å². The summed E-state index contributed by atoms with van der Waals surface area (Å²) in [6, 6.07) is 0. The van der Waals surface area contributed by atoms with E-state index in [1.807, 2.05) is 0 Å².